The van der Waals surface area contributed by atoms with E-state index < -0.39 is 0 Å². The van der Waals surface area contributed by atoms with Gasteiger partial charge in [-0.2, -0.15) is 0 Å². The first-order valence-electron chi connectivity index (χ1n) is 9.45. The molecule has 29 heavy (non-hydrogen) atoms. The number of fused-ring (bicyclic) bond motifs is 1. The molecule has 0 fully saturated rings. The Labute approximate surface area is 170 Å². The number of hydrogen-bond donors (Lipinski definition) is 0. The van der Waals surface area contributed by atoms with E-state index in [0.29, 0.717) is 5.57 Å². The Balaban J connectivity index is 1.79. The molecule has 0 bridgehead atoms. The summed E-state index contributed by atoms with van der Waals surface area (Å²) in [5.74, 6) is 0.327. The van der Waals surface area contributed by atoms with Crippen LogP contribution in [0.3, 0.4) is 0 Å². The molecule has 3 heteroatoms. The predicted molar refractivity (Wildman–Crippen MR) is 115 cm³/mol. The molecule has 0 N–H and O–H groups in total. The van der Waals surface area contributed by atoms with Crippen LogP contribution in [0.1, 0.15) is 22.3 Å². The number of allylic oxidation sites excluding steroid dienone is 2. The third-order valence-corrected chi connectivity index (χ3v) is 5.02. The summed E-state index contributed by atoms with van der Waals surface area (Å²) in [6, 6.07) is 24.8. The van der Waals surface area contributed by atoms with Gasteiger partial charge in [-0.25, -0.2) is 0 Å². The van der Waals surface area contributed by atoms with Crippen molar-refractivity contribution in [3.05, 3.63) is 113 Å². The van der Waals surface area contributed by atoms with Crippen LogP contribution in [0.5, 0.6) is 5.75 Å². The fraction of sp³-hybridized carbons (Fsp3) is 0.0769. The second-order valence-electron chi connectivity index (χ2n) is 6.84. The van der Waals surface area contributed by atoms with Crippen LogP contribution in [-0.4, -0.2) is 18.7 Å². The van der Waals surface area contributed by atoms with E-state index in [9.17, 15) is 9.59 Å². The van der Waals surface area contributed by atoms with Gasteiger partial charge in [-0.15, -0.1) is 0 Å². The molecule has 1 aliphatic carbocycles. The van der Waals surface area contributed by atoms with Crippen LogP contribution in [0.4, 0.5) is 0 Å². The van der Waals surface area contributed by atoms with Gasteiger partial charge in [0.25, 0.3) is 0 Å². The number of ether oxygens (including phenoxy) is 1. The zero-order chi connectivity index (χ0) is 20.2. The summed E-state index contributed by atoms with van der Waals surface area (Å²) in [6.45, 7) is 0. The summed E-state index contributed by atoms with van der Waals surface area (Å²) in [4.78, 5) is 26.1. The van der Waals surface area contributed by atoms with E-state index in [0.717, 1.165) is 28.0 Å². The van der Waals surface area contributed by atoms with Crippen LogP contribution in [-0.2, 0) is 16.0 Å². The van der Waals surface area contributed by atoms with Crippen molar-refractivity contribution >= 4 is 23.2 Å². The summed E-state index contributed by atoms with van der Waals surface area (Å²) >= 11 is 0. The van der Waals surface area contributed by atoms with Gasteiger partial charge in [-0.3, -0.25) is 9.59 Å². The van der Waals surface area contributed by atoms with Gasteiger partial charge in [0.2, 0.25) is 0 Å². The number of Topliss-reactive ketones (excluding diaryl/α,β-unsaturated/α-hetero) is 1. The lowest BCUT2D eigenvalue weighted by atomic mass is 9.80. The Morgan fingerprint density at radius 2 is 1.59 bits per heavy atom. The number of carbonyl (C=O) groups is 2. The van der Waals surface area contributed by atoms with Crippen LogP contribution >= 0.6 is 0 Å². The van der Waals surface area contributed by atoms with Crippen molar-refractivity contribution in [2.75, 3.05) is 7.11 Å². The molecule has 0 saturated carbocycles. The molecular formula is C26H20O3. The largest absolute Gasteiger partial charge is 0.497 e. The van der Waals surface area contributed by atoms with Gasteiger partial charge in [0, 0.05) is 12.0 Å². The first-order valence-corrected chi connectivity index (χ1v) is 9.45. The molecule has 142 valence electrons. The quantitative estimate of drug-likeness (QED) is 0.467. The van der Waals surface area contributed by atoms with E-state index in [1.54, 1.807) is 13.2 Å². The molecule has 0 saturated heterocycles. The van der Waals surface area contributed by atoms with Crippen molar-refractivity contribution < 1.29 is 14.3 Å². The average Bonchev–Trinajstić information content (AvgIpc) is 2.77. The molecule has 3 aromatic carbocycles. The molecule has 0 unspecified atom stereocenters. The topological polar surface area (TPSA) is 43.4 Å². The van der Waals surface area contributed by atoms with Gasteiger partial charge in [-0.1, -0.05) is 72.8 Å². The Kier molecular flexibility index (Phi) is 5.21. The van der Waals surface area contributed by atoms with Gasteiger partial charge in [0.05, 0.1) is 12.7 Å². The summed E-state index contributed by atoms with van der Waals surface area (Å²) < 4.78 is 5.16. The van der Waals surface area contributed by atoms with Crippen molar-refractivity contribution in [1.82, 2.24) is 0 Å². The molecule has 0 aliphatic heterocycles. The maximum absolute atomic E-state index is 13.1. The monoisotopic (exact) mass is 380 g/mol. The van der Waals surface area contributed by atoms with Gasteiger partial charge in [-0.05, 0) is 40.5 Å². The second-order valence-corrected chi connectivity index (χ2v) is 6.84. The molecule has 0 heterocycles. The van der Waals surface area contributed by atoms with E-state index in [1.807, 2.05) is 78.9 Å². The zero-order valence-electron chi connectivity index (χ0n) is 16.1. The van der Waals surface area contributed by atoms with E-state index in [4.69, 9.17) is 4.74 Å². The minimum Gasteiger partial charge on any atom is -0.497 e. The van der Waals surface area contributed by atoms with Crippen molar-refractivity contribution in [2.45, 2.75) is 6.42 Å². The van der Waals surface area contributed by atoms with E-state index in [2.05, 4.69) is 0 Å². The molecule has 0 spiro atoms. The van der Waals surface area contributed by atoms with Gasteiger partial charge >= 0.3 is 0 Å². The summed E-state index contributed by atoms with van der Waals surface area (Å²) in [5.41, 5.74) is 4.59. The molecule has 0 aromatic heterocycles. The maximum Gasteiger partial charge on any atom is 0.190 e. The highest BCUT2D eigenvalue weighted by atomic mass is 16.5. The predicted octanol–water partition coefficient (Wildman–Crippen LogP) is 4.90. The smallest absolute Gasteiger partial charge is 0.190 e. The first kappa shape index (κ1) is 18.6. The summed E-state index contributed by atoms with van der Waals surface area (Å²) in [5, 5.41) is 0. The Hall–Kier alpha value is -3.72. The normalized spacial score (nSPS) is 13.5. The fourth-order valence-electron chi connectivity index (χ4n) is 3.59. The van der Waals surface area contributed by atoms with E-state index >= 15 is 0 Å². The first-order chi connectivity index (χ1) is 14.2. The second kappa shape index (κ2) is 8.11. The van der Waals surface area contributed by atoms with Crippen LogP contribution in [0.25, 0.3) is 11.6 Å². The van der Waals surface area contributed by atoms with Crippen LogP contribution < -0.4 is 4.74 Å². The van der Waals surface area contributed by atoms with Crippen LogP contribution in [0, 0.1) is 0 Å². The molecule has 1 aliphatic rings. The van der Waals surface area contributed by atoms with Crippen molar-refractivity contribution in [3.8, 4) is 5.75 Å². The molecule has 0 amide bonds. The fourth-order valence-corrected chi connectivity index (χ4v) is 3.59. The van der Waals surface area contributed by atoms with E-state index in [-0.39, 0.29) is 23.6 Å². The van der Waals surface area contributed by atoms with Gasteiger partial charge in [0.1, 0.15) is 5.75 Å². The number of methoxy groups -OCH3 is 1. The Morgan fingerprint density at radius 1 is 0.897 bits per heavy atom. The average molecular weight is 380 g/mol. The SMILES string of the molecule is COc1ccc(/C=C/C(=O)C2=C(c3ccccc3)c3ccccc3CC2=O)cc1. The number of ketones is 2. The number of carbonyl (C=O) groups excluding carboxylic acids is 2. The molecule has 0 radical (unpaired) electrons. The zero-order valence-corrected chi connectivity index (χ0v) is 16.1. The number of hydrogen-bond acceptors (Lipinski definition) is 3. The highest BCUT2D eigenvalue weighted by Crippen LogP contribution is 2.35. The summed E-state index contributed by atoms with van der Waals surface area (Å²) in [6.07, 6.45) is 3.45. The minimum absolute atomic E-state index is 0.146. The molecule has 0 atom stereocenters. The Morgan fingerprint density at radius 3 is 2.31 bits per heavy atom. The third kappa shape index (κ3) is 3.81. The van der Waals surface area contributed by atoms with Gasteiger partial charge in [0.15, 0.2) is 11.6 Å². The lowest BCUT2D eigenvalue weighted by Gasteiger charge is -2.21. The van der Waals surface area contributed by atoms with Crippen LogP contribution in [0.2, 0.25) is 0 Å². The lowest BCUT2D eigenvalue weighted by Crippen LogP contribution is -2.21. The molecule has 4 rings (SSSR count). The van der Waals surface area contributed by atoms with Gasteiger partial charge < -0.3 is 4.74 Å². The third-order valence-electron chi connectivity index (χ3n) is 5.02. The molecule has 3 nitrogen and oxygen atoms in total. The highest BCUT2D eigenvalue weighted by molar-refractivity contribution is 6.32. The minimum atomic E-state index is -0.279. The highest BCUT2D eigenvalue weighted by Gasteiger charge is 2.29. The van der Waals surface area contributed by atoms with Crippen molar-refractivity contribution in [1.29, 1.82) is 0 Å². The van der Waals surface area contributed by atoms with Crippen LogP contribution in [0.15, 0.2) is 90.5 Å². The maximum atomic E-state index is 13.1. The molecule has 3 aromatic rings. The Bertz CT molecular complexity index is 1120. The molecular weight excluding hydrogens is 360 g/mol. The standard InChI is InChI=1S/C26H20O3/c1-29-21-14-11-18(12-15-21)13-16-23(27)26-24(28)17-20-9-5-6-10-22(20)25(26)19-7-3-2-4-8-19/h2-16H,17H2,1H3/b16-13+. The number of benzene rings is 3. The summed E-state index contributed by atoms with van der Waals surface area (Å²) in [7, 11) is 1.61. The lowest BCUT2D eigenvalue weighted by molar-refractivity contribution is -0.119. The van der Waals surface area contributed by atoms with E-state index in [1.165, 1.54) is 6.08 Å². The van der Waals surface area contributed by atoms with Crippen molar-refractivity contribution in [3.63, 3.8) is 0 Å². The number of rotatable bonds is 5. The van der Waals surface area contributed by atoms with Crippen molar-refractivity contribution in [2.24, 2.45) is 0 Å².